The van der Waals surface area contributed by atoms with Gasteiger partial charge in [0.2, 0.25) is 0 Å². The first kappa shape index (κ1) is 15.5. The Balaban J connectivity index is 1.76. The minimum absolute atomic E-state index is 0.104. The molecule has 5 N–H and O–H groups in total. The Morgan fingerprint density at radius 3 is 2.50 bits per heavy atom. The lowest BCUT2D eigenvalue weighted by atomic mass is 9.97. The van der Waals surface area contributed by atoms with E-state index in [0.29, 0.717) is 5.56 Å². The van der Waals surface area contributed by atoms with Gasteiger partial charge in [0.1, 0.15) is 30.5 Å². The van der Waals surface area contributed by atoms with E-state index < -0.39 is 43.4 Å². The van der Waals surface area contributed by atoms with E-state index in [4.69, 9.17) is 19.3 Å². The van der Waals surface area contributed by atoms with Crippen LogP contribution in [0.15, 0.2) is 18.2 Å². The SMILES string of the molecule is OC[C@@H]1O[C@@H]2OC[C@@H](c3ccc(O)c(O)c3)O[C@H]2[C@@H](O)[C@H]1O. The van der Waals surface area contributed by atoms with Crippen LogP contribution in [0.25, 0.3) is 0 Å². The summed E-state index contributed by atoms with van der Waals surface area (Å²) in [6.45, 7) is -0.341. The molecule has 1 aromatic carbocycles. The van der Waals surface area contributed by atoms with Crippen molar-refractivity contribution in [2.75, 3.05) is 13.2 Å². The summed E-state index contributed by atoms with van der Waals surface area (Å²) in [5.41, 5.74) is 0.555. The quantitative estimate of drug-likeness (QED) is 0.439. The summed E-state index contributed by atoms with van der Waals surface area (Å²) in [6, 6.07) is 4.23. The molecule has 0 unspecified atom stereocenters. The third kappa shape index (κ3) is 2.65. The highest BCUT2D eigenvalue weighted by molar-refractivity contribution is 5.41. The van der Waals surface area contributed by atoms with E-state index >= 15 is 0 Å². The first-order chi connectivity index (χ1) is 10.5. The van der Waals surface area contributed by atoms with Crippen LogP contribution >= 0.6 is 0 Å². The van der Waals surface area contributed by atoms with E-state index in [2.05, 4.69) is 0 Å². The van der Waals surface area contributed by atoms with Crippen molar-refractivity contribution >= 4 is 0 Å². The maximum absolute atomic E-state index is 10.1. The Morgan fingerprint density at radius 1 is 1.05 bits per heavy atom. The molecule has 0 amide bonds. The fourth-order valence-corrected chi connectivity index (χ4v) is 2.66. The van der Waals surface area contributed by atoms with E-state index in [1.165, 1.54) is 12.1 Å². The fraction of sp³-hybridized carbons (Fsp3) is 0.571. The highest BCUT2D eigenvalue weighted by atomic mass is 16.7. The van der Waals surface area contributed by atoms with Gasteiger partial charge >= 0.3 is 0 Å². The lowest BCUT2D eigenvalue weighted by molar-refractivity contribution is -0.350. The number of hydrogen-bond acceptors (Lipinski definition) is 8. The standard InChI is InChI=1S/C14H18O8/c15-4-9-11(18)12(19)13-14(22-9)20-5-10(21-13)6-1-2-7(16)8(17)3-6/h1-3,9-19H,4-5H2/t9-,10-,11-,12-,13-,14-/m0/s1. The minimum Gasteiger partial charge on any atom is -0.504 e. The predicted octanol–water partition coefficient (Wildman–Crippen LogP) is -1.01. The number of benzene rings is 1. The second-order valence-electron chi connectivity index (χ2n) is 5.38. The first-order valence-electron chi connectivity index (χ1n) is 6.92. The molecule has 2 saturated heterocycles. The van der Waals surface area contributed by atoms with E-state index in [0.717, 1.165) is 0 Å². The van der Waals surface area contributed by atoms with Crippen LogP contribution in [-0.4, -0.2) is 69.5 Å². The highest BCUT2D eigenvalue weighted by Crippen LogP contribution is 2.36. The summed E-state index contributed by atoms with van der Waals surface area (Å²) >= 11 is 0. The zero-order valence-electron chi connectivity index (χ0n) is 11.6. The first-order valence-corrected chi connectivity index (χ1v) is 6.92. The molecule has 122 valence electrons. The van der Waals surface area contributed by atoms with Crippen molar-refractivity contribution in [1.29, 1.82) is 0 Å². The Hall–Kier alpha value is -1.42. The second-order valence-corrected chi connectivity index (χ2v) is 5.38. The molecule has 0 radical (unpaired) electrons. The summed E-state index contributed by atoms with van der Waals surface area (Å²) in [6.07, 6.45) is -5.91. The number of hydrogen-bond donors (Lipinski definition) is 5. The number of ether oxygens (including phenoxy) is 3. The number of aromatic hydroxyl groups is 2. The predicted molar refractivity (Wildman–Crippen MR) is 71.1 cm³/mol. The molecule has 2 fully saturated rings. The monoisotopic (exact) mass is 314 g/mol. The van der Waals surface area contributed by atoms with E-state index in [1.54, 1.807) is 6.07 Å². The molecule has 0 aromatic heterocycles. The van der Waals surface area contributed by atoms with Crippen molar-refractivity contribution < 1.29 is 39.7 Å². The van der Waals surface area contributed by atoms with Crippen molar-refractivity contribution in [3.63, 3.8) is 0 Å². The lowest BCUT2D eigenvalue weighted by Gasteiger charge is -2.46. The van der Waals surface area contributed by atoms with Gasteiger partial charge in [-0.05, 0) is 17.7 Å². The summed E-state index contributed by atoms with van der Waals surface area (Å²) in [7, 11) is 0. The Morgan fingerprint density at radius 2 is 1.82 bits per heavy atom. The average Bonchev–Trinajstić information content (AvgIpc) is 2.53. The molecule has 2 heterocycles. The van der Waals surface area contributed by atoms with Crippen LogP contribution in [0.2, 0.25) is 0 Å². The largest absolute Gasteiger partial charge is 0.504 e. The maximum atomic E-state index is 10.1. The molecular weight excluding hydrogens is 296 g/mol. The maximum Gasteiger partial charge on any atom is 0.187 e. The van der Waals surface area contributed by atoms with Crippen LogP contribution in [0.5, 0.6) is 11.5 Å². The molecule has 3 rings (SSSR count). The molecule has 8 nitrogen and oxygen atoms in total. The molecular formula is C14H18O8. The van der Waals surface area contributed by atoms with Crippen LogP contribution in [-0.2, 0) is 14.2 Å². The normalized spacial score (nSPS) is 38.5. The van der Waals surface area contributed by atoms with Crippen molar-refractivity contribution in [3.05, 3.63) is 23.8 Å². The fourth-order valence-electron chi connectivity index (χ4n) is 2.66. The van der Waals surface area contributed by atoms with Gasteiger partial charge in [0.05, 0.1) is 13.2 Å². The summed E-state index contributed by atoms with van der Waals surface area (Å²) < 4.78 is 16.6. The highest BCUT2D eigenvalue weighted by Gasteiger charge is 2.48. The molecule has 2 aliphatic heterocycles. The number of rotatable bonds is 2. The molecule has 0 bridgehead atoms. The van der Waals surface area contributed by atoms with Gasteiger partial charge in [0, 0.05) is 0 Å². The number of aliphatic hydroxyl groups is 3. The van der Waals surface area contributed by atoms with Gasteiger partial charge in [0.25, 0.3) is 0 Å². The third-order valence-corrected chi connectivity index (χ3v) is 3.93. The third-order valence-electron chi connectivity index (χ3n) is 3.93. The number of phenols is 2. The molecule has 1 aromatic rings. The Kier molecular flexibility index (Phi) is 4.22. The van der Waals surface area contributed by atoms with E-state index in [1.807, 2.05) is 0 Å². The number of phenolic OH excluding ortho intramolecular Hbond substituents is 2. The second kappa shape index (κ2) is 5.99. The van der Waals surface area contributed by atoms with Gasteiger partial charge in [-0.25, -0.2) is 0 Å². The van der Waals surface area contributed by atoms with Crippen LogP contribution in [0.4, 0.5) is 0 Å². The Bertz CT molecular complexity index is 534. The molecule has 8 heteroatoms. The zero-order chi connectivity index (χ0) is 15.9. The van der Waals surface area contributed by atoms with E-state index in [-0.39, 0.29) is 18.1 Å². The van der Waals surface area contributed by atoms with Gasteiger partial charge in [-0.3, -0.25) is 0 Å². The van der Waals surface area contributed by atoms with Crippen molar-refractivity contribution in [2.24, 2.45) is 0 Å². The topological polar surface area (TPSA) is 129 Å². The molecule has 2 aliphatic rings. The number of fused-ring (bicyclic) bond motifs is 1. The van der Waals surface area contributed by atoms with Crippen molar-refractivity contribution in [3.8, 4) is 11.5 Å². The van der Waals surface area contributed by atoms with Gasteiger partial charge in [0.15, 0.2) is 17.8 Å². The molecule has 22 heavy (non-hydrogen) atoms. The minimum atomic E-state index is -1.29. The van der Waals surface area contributed by atoms with Crippen LogP contribution in [0.1, 0.15) is 11.7 Å². The van der Waals surface area contributed by atoms with Gasteiger partial charge in [-0.1, -0.05) is 6.07 Å². The van der Waals surface area contributed by atoms with Gasteiger partial charge in [-0.15, -0.1) is 0 Å². The number of aliphatic hydroxyl groups excluding tert-OH is 3. The molecule has 6 atom stereocenters. The molecule has 0 aliphatic carbocycles. The van der Waals surface area contributed by atoms with E-state index in [9.17, 15) is 20.4 Å². The summed E-state index contributed by atoms with van der Waals surface area (Å²) in [5, 5.41) is 47.9. The van der Waals surface area contributed by atoms with Gasteiger partial charge < -0.3 is 39.7 Å². The zero-order valence-corrected chi connectivity index (χ0v) is 11.6. The van der Waals surface area contributed by atoms with Crippen LogP contribution in [0, 0.1) is 0 Å². The Labute approximate surface area is 126 Å². The van der Waals surface area contributed by atoms with Crippen molar-refractivity contribution in [2.45, 2.75) is 36.8 Å². The van der Waals surface area contributed by atoms with Crippen LogP contribution < -0.4 is 0 Å². The summed E-state index contributed by atoms with van der Waals surface area (Å²) in [5.74, 6) is -0.537. The smallest absolute Gasteiger partial charge is 0.187 e. The lowest BCUT2D eigenvalue weighted by Crippen LogP contribution is -2.62. The average molecular weight is 314 g/mol. The molecule has 0 saturated carbocycles. The molecule has 0 spiro atoms. The van der Waals surface area contributed by atoms with Crippen molar-refractivity contribution in [1.82, 2.24) is 0 Å². The van der Waals surface area contributed by atoms with Crippen LogP contribution in [0.3, 0.4) is 0 Å². The van der Waals surface area contributed by atoms with Gasteiger partial charge in [-0.2, -0.15) is 0 Å². The summed E-state index contributed by atoms with van der Waals surface area (Å²) in [4.78, 5) is 0.